The average Bonchev–Trinajstić information content (AvgIpc) is 3.22. The maximum absolute atomic E-state index is 4.85. The van der Waals surface area contributed by atoms with E-state index in [0.29, 0.717) is 6.42 Å². The second-order valence-corrected chi connectivity index (χ2v) is 7.75. The second kappa shape index (κ2) is 6.56. The van der Waals surface area contributed by atoms with Crippen molar-refractivity contribution < 1.29 is 0 Å². The van der Waals surface area contributed by atoms with Crippen molar-refractivity contribution in [1.29, 1.82) is 0 Å². The van der Waals surface area contributed by atoms with Crippen molar-refractivity contribution in [3.63, 3.8) is 0 Å². The van der Waals surface area contributed by atoms with Crippen LogP contribution in [0.25, 0.3) is 22.4 Å². The Kier molecular flexibility index (Phi) is 4.02. The van der Waals surface area contributed by atoms with Crippen LogP contribution in [0.5, 0.6) is 0 Å². The third kappa shape index (κ3) is 2.64. The number of hydrogen-bond acceptors (Lipinski definition) is 3. The van der Waals surface area contributed by atoms with Crippen LogP contribution in [0, 0.1) is 13.8 Å². The van der Waals surface area contributed by atoms with Gasteiger partial charge in [0.1, 0.15) is 6.33 Å². The fraction of sp³-hybridized carbons (Fsp3) is 0.136. The first kappa shape index (κ1) is 17.1. The number of aromatic nitrogens is 5. The van der Waals surface area contributed by atoms with Crippen LogP contribution >= 0.6 is 15.9 Å². The van der Waals surface area contributed by atoms with Crippen molar-refractivity contribution in [3.8, 4) is 5.69 Å². The third-order valence-electron chi connectivity index (χ3n) is 5.18. The maximum atomic E-state index is 4.85. The van der Waals surface area contributed by atoms with Crippen LogP contribution in [0.15, 0.2) is 65.4 Å². The topological polar surface area (TPSA) is 48.0 Å². The van der Waals surface area contributed by atoms with E-state index in [9.17, 15) is 0 Å². The molecule has 0 unspecified atom stereocenters. The minimum atomic E-state index is 0.701. The summed E-state index contributed by atoms with van der Waals surface area (Å²) in [4.78, 5) is 9.59. The van der Waals surface area contributed by atoms with Crippen molar-refractivity contribution in [1.82, 2.24) is 24.1 Å². The summed E-state index contributed by atoms with van der Waals surface area (Å²) in [5.41, 5.74) is 6.33. The first-order valence-electron chi connectivity index (χ1n) is 9.14. The van der Waals surface area contributed by atoms with Crippen LogP contribution in [0.4, 0.5) is 0 Å². The zero-order chi connectivity index (χ0) is 19.3. The molecule has 5 nitrogen and oxygen atoms in total. The molecule has 0 saturated carbocycles. The molecule has 0 aliphatic carbocycles. The molecule has 28 heavy (non-hydrogen) atoms. The van der Waals surface area contributed by atoms with Gasteiger partial charge in [0.15, 0.2) is 17.1 Å². The van der Waals surface area contributed by atoms with Gasteiger partial charge in [-0.2, -0.15) is 0 Å². The highest BCUT2D eigenvalue weighted by Gasteiger charge is 2.19. The molecule has 0 N–H and O–H groups in total. The summed E-state index contributed by atoms with van der Waals surface area (Å²) >= 11 is 3.67. The SMILES string of the molecule is Cc1c(C)n(-c2ccccc2Br)c2ncn3nc(Cc4ccccc4)nc3c12. The minimum Gasteiger partial charge on any atom is -0.297 e. The Morgan fingerprint density at radius 2 is 1.68 bits per heavy atom. The molecule has 0 fully saturated rings. The molecule has 0 aliphatic heterocycles. The number of halogens is 1. The normalized spacial score (nSPS) is 11.5. The van der Waals surface area contributed by atoms with Gasteiger partial charge in [0, 0.05) is 16.6 Å². The molecule has 3 heterocycles. The van der Waals surface area contributed by atoms with Gasteiger partial charge in [-0.3, -0.25) is 4.57 Å². The van der Waals surface area contributed by atoms with Gasteiger partial charge in [-0.25, -0.2) is 14.5 Å². The van der Waals surface area contributed by atoms with Crippen LogP contribution < -0.4 is 0 Å². The molecule has 0 saturated heterocycles. The summed E-state index contributed by atoms with van der Waals surface area (Å²) in [5, 5.41) is 5.70. The Labute approximate surface area is 170 Å². The Balaban J connectivity index is 1.73. The summed E-state index contributed by atoms with van der Waals surface area (Å²) in [6, 6.07) is 18.5. The molecular formula is C22H18BrN5. The van der Waals surface area contributed by atoms with Crippen LogP contribution in [-0.2, 0) is 6.42 Å². The van der Waals surface area contributed by atoms with Crippen LogP contribution in [-0.4, -0.2) is 24.1 Å². The summed E-state index contributed by atoms with van der Waals surface area (Å²) in [5.74, 6) is 0.797. The van der Waals surface area contributed by atoms with Gasteiger partial charge in [-0.1, -0.05) is 42.5 Å². The van der Waals surface area contributed by atoms with E-state index in [-0.39, 0.29) is 0 Å². The molecule has 0 atom stereocenters. The molecule has 0 bridgehead atoms. The Hall–Kier alpha value is -2.99. The smallest absolute Gasteiger partial charge is 0.168 e. The highest BCUT2D eigenvalue weighted by atomic mass is 79.9. The van der Waals surface area contributed by atoms with E-state index in [0.717, 1.165) is 38.4 Å². The van der Waals surface area contributed by atoms with E-state index in [1.807, 2.05) is 36.4 Å². The monoisotopic (exact) mass is 431 g/mol. The highest BCUT2D eigenvalue weighted by Crippen LogP contribution is 2.32. The van der Waals surface area contributed by atoms with E-state index in [1.165, 1.54) is 11.1 Å². The minimum absolute atomic E-state index is 0.701. The summed E-state index contributed by atoms with van der Waals surface area (Å²) < 4.78 is 5.00. The van der Waals surface area contributed by atoms with Gasteiger partial charge in [-0.15, -0.1) is 5.10 Å². The van der Waals surface area contributed by atoms with Gasteiger partial charge in [0.25, 0.3) is 0 Å². The summed E-state index contributed by atoms with van der Waals surface area (Å²) in [7, 11) is 0. The number of para-hydroxylation sites is 1. The lowest BCUT2D eigenvalue weighted by Gasteiger charge is -2.09. The van der Waals surface area contributed by atoms with Crippen molar-refractivity contribution >= 4 is 32.6 Å². The molecular weight excluding hydrogens is 414 g/mol. The molecule has 6 heteroatoms. The molecule has 138 valence electrons. The average molecular weight is 432 g/mol. The molecule has 0 aliphatic rings. The molecule has 0 spiro atoms. The maximum Gasteiger partial charge on any atom is 0.168 e. The van der Waals surface area contributed by atoms with Gasteiger partial charge in [0.05, 0.1) is 11.1 Å². The van der Waals surface area contributed by atoms with E-state index >= 15 is 0 Å². The predicted molar refractivity (Wildman–Crippen MR) is 114 cm³/mol. The van der Waals surface area contributed by atoms with E-state index in [2.05, 4.69) is 57.6 Å². The van der Waals surface area contributed by atoms with Crippen molar-refractivity contribution in [2.24, 2.45) is 0 Å². The lowest BCUT2D eigenvalue weighted by Crippen LogP contribution is -2.00. The fourth-order valence-electron chi connectivity index (χ4n) is 3.69. The number of nitrogens with zero attached hydrogens (tertiary/aromatic N) is 5. The van der Waals surface area contributed by atoms with Gasteiger partial charge < -0.3 is 0 Å². The molecule has 3 aromatic heterocycles. The van der Waals surface area contributed by atoms with E-state index in [4.69, 9.17) is 9.97 Å². The van der Waals surface area contributed by atoms with Gasteiger partial charge in [0.2, 0.25) is 0 Å². The first-order valence-corrected chi connectivity index (χ1v) is 9.93. The Morgan fingerprint density at radius 1 is 0.929 bits per heavy atom. The Bertz CT molecular complexity index is 1320. The molecule has 0 amide bonds. The predicted octanol–water partition coefficient (Wildman–Crippen LogP) is 5.04. The number of benzene rings is 2. The van der Waals surface area contributed by atoms with Crippen LogP contribution in [0.3, 0.4) is 0 Å². The van der Waals surface area contributed by atoms with Crippen molar-refractivity contribution in [3.05, 3.63) is 88.0 Å². The largest absolute Gasteiger partial charge is 0.297 e. The Morgan fingerprint density at radius 3 is 2.46 bits per heavy atom. The lowest BCUT2D eigenvalue weighted by atomic mass is 10.1. The lowest BCUT2D eigenvalue weighted by molar-refractivity contribution is 0.879. The van der Waals surface area contributed by atoms with Gasteiger partial charge in [-0.05, 0) is 53.0 Å². The number of rotatable bonds is 3. The molecule has 5 rings (SSSR count). The number of fused-ring (bicyclic) bond motifs is 3. The standard InChI is InChI=1S/C22H18BrN5/c1-14-15(2)28(18-11-7-6-10-17(18)23)21-20(14)22-25-19(26-27(22)13-24-21)12-16-8-4-3-5-9-16/h3-11,13H,12H2,1-2H3. The van der Waals surface area contributed by atoms with Crippen molar-refractivity contribution in [2.75, 3.05) is 0 Å². The number of hydrogen-bond donors (Lipinski definition) is 0. The number of aryl methyl sites for hydroxylation is 1. The van der Waals surface area contributed by atoms with E-state index in [1.54, 1.807) is 10.8 Å². The summed E-state index contributed by atoms with van der Waals surface area (Å²) in [6.07, 6.45) is 2.46. The molecule has 5 aromatic rings. The molecule has 2 aromatic carbocycles. The fourth-order valence-corrected chi connectivity index (χ4v) is 4.15. The molecule has 0 radical (unpaired) electrons. The zero-order valence-corrected chi connectivity index (χ0v) is 17.2. The van der Waals surface area contributed by atoms with E-state index < -0.39 is 0 Å². The third-order valence-corrected chi connectivity index (χ3v) is 5.85. The van der Waals surface area contributed by atoms with Crippen LogP contribution in [0.1, 0.15) is 22.6 Å². The van der Waals surface area contributed by atoms with Crippen LogP contribution in [0.2, 0.25) is 0 Å². The summed E-state index contributed by atoms with van der Waals surface area (Å²) in [6.45, 7) is 4.24. The zero-order valence-electron chi connectivity index (χ0n) is 15.6. The second-order valence-electron chi connectivity index (χ2n) is 6.90. The quantitative estimate of drug-likeness (QED) is 0.402. The first-order chi connectivity index (χ1) is 13.6. The van der Waals surface area contributed by atoms with Crippen molar-refractivity contribution in [2.45, 2.75) is 20.3 Å². The highest BCUT2D eigenvalue weighted by molar-refractivity contribution is 9.10. The van der Waals surface area contributed by atoms with Gasteiger partial charge >= 0.3 is 0 Å².